The molecule has 0 unspecified atom stereocenters. The van der Waals surface area contributed by atoms with Gasteiger partial charge in [0, 0.05) is 6.54 Å². The van der Waals surface area contributed by atoms with Gasteiger partial charge in [0.15, 0.2) is 17.7 Å². The molecular formula is C17H26N6O4S. The average molecular weight is 411 g/mol. The largest absolute Gasteiger partial charge is 0.394 e. The number of hydrogen-bond donors (Lipinski definition) is 5. The third-order valence-corrected chi connectivity index (χ3v) is 6.47. The highest BCUT2D eigenvalue weighted by molar-refractivity contribution is 7.99. The number of rotatable bonds is 6. The second kappa shape index (κ2) is 8.37. The minimum absolute atomic E-state index is 0.229. The van der Waals surface area contributed by atoms with Gasteiger partial charge >= 0.3 is 0 Å². The van der Waals surface area contributed by atoms with Gasteiger partial charge in [-0.1, -0.05) is 0 Å². The summed E-state index contributed by atoms with van der Waals surface area (Å²) in [6.07, 6.45) is 0.778. The summed E-state index contributed by atoms with van der Waals surface area (Å²) in [4.78, 5) is 13.0. The van der Waals surface area contributed by atoms with E-state index in [1.54, 1.807) is 0 Å². The lowest BCUT2D eigenvalue weighted by atomic mass is 9.99. The monoisotopic (exact) mass is 410 g/mol. The number of nitrogens with zero attached hydrogens (tertiary/aromatic N) is 4. The molecule has 10 nitrogen and oxygen atoms in total. The second-order valence-corrected chi connectivity index (χ2v) is 8.48. The van der Waals surface area contributed by atoms with Crippen molar-refractivity contribution in [3.63, 3.8) is 0 Å². The summed E-state index contributed by atoms with van der Waals surface area (Å²) >= 11 is 2.01. The van der Waals surface area contributed by atoms with Gasteiger partial charge in [-0.15, -0.1) is 0 Å². The summed E-state index contributed by atoms with van der Waals surface area (Å²) < 4.78 is 7.09. The van der Waals surface area contributed by atoms with Crippen molar-refractivity contribution < 1.29 is 20.1 Å². The predicted octanol–water partition coefficient (Wildman–Crippen LogP) is -0.0348. The van der Waals surface area contributed by atoms with Gasteiger partial charge in [0.2, 0.25) is 5.95 Å². The highest BCUT2D eigenvalue weighted by atomic mass is 32.2. The molecule has 0 spiro atoms. The fourth-order valence-electron chi connectivity index (χ4n) is 3.74. The number of anilines is 2. The van der Waals surface area contributed by atoms with Gasteiger partial charge in [0.05, 0.1) is 12.9 Å². The molecule has 0 saturated carbocycles. The van der Waals surface area contributed by atoms with E-state index in [-0.39, 0.29) is 5.82 Å². The number of nitrogen functional groups attached to an aromatic ring is 1. The fourth-order valence-corrected chi connectivity index (χ4v) is 4.94. The summed E-state index contributed by atoms with van der Waals surface area (Å²) in [5.74, 6) is 3.79. The van der Waals surface area contributed by atoms with Crippen LogP contribution in [0, 0.1) is 5.92 Å². The Morgan fingerprint density at radius 3 is 2.75 bits per heavy atom. The molecule has 0 amide bonds. The smallest absolute Gasteiger partial charge is 0.226 e. The Labute approximate surface area is 166 Å². The van der Waals surface area contributed by atoms with Gasteiger partial charge in [-0.3, -0.25) is 4.57 Å². The van der Waals surface area contributed by atoms with Gasteiger partial charge < -0.3 is 31.1 Å². The number of thioether (sulfide) groups is 1. The van der Waals surface area contributed by atoms with Gasteiger partial charge in [0.25, 0.3) is 0 Å². The number of ether oxygens (including phenoxy) is 1. The van der Waals surface area contributed by atoms with Crippen LogP contribution in [0.15, 0.2) is 6.33 Å². The SMILES string of the molecule is Nc1nc(NCCC2CCSCC2)nc2c1ncn2[C@@H]1O[C@H](CO)[C@@H](O)[C@H]1O. The van der Waals surface area contributed by atoms with Crippen LogP contribution in [0.4, 0.5) is 11.8 Å². The van der Waals surface area contributed by atoms with Crippen LogP contribution in [0.5, 0.6) is 0 Å². The fraction of sp³-hybridized carbons (Fsp3) is 0.706. The lowest BCUT2D eigenvalue weighted by Gasteiger charge is -2.21. The number of hydrogen-bond acceptors (Lipinski definition) is 10. The molecule has 0 aliphatic carbocycles. The molecule has 6 N–H and O–H groups in total. The van der Waals surface area contributed by atoms with Crippen molar-refractivity contribution in [2.75, 3.05) is 35.7 Å². The molecule has 0 radical (unpaired) electrons. The Morgan fingerprint density at radius 1 is 1.25 bits per heavy atom. The molecule has 2 aromatic heterocycles. The van der Waals surface area contributed by atoms with Crippen LogP contribution in [-0.4, -0.2) is 77.8 Å². The van der Waals surface area contributed by atoms with Crippen LogP contribution in [0.1, 0.15) is 25.5 Å². The van der Waals surface area contributed by atoms with Crippen molar-refractivity contribution in [2.24, 2.45) is 5.92 Å². The third kappa shape index (κ3) is 3.77. The summed E-state index contributed by atoms with van der Waals surface area (Å²) in [5, 5.41) is 32.8. The topological polar surface area (TPSA) is 152 Å². The van der Waals surface area contributed by atoms with Crippen molar-refractivity contribution >= 4 is 34.7 Å². The highest BCUT2D eigenvalue weighted by Gasteiger charge is 2.44. The summed E-state index contributed by atoms with van der Waals surface area (Å²) in [6, 6.07) is 0. The van der Waals surface area contributed by atoms with E-state index < -0.39 is 31.1 Å². The molecule has 28 heavy (non-hydrogen) atoms. The van der Waals surface area contributed by atoms with E-state index in [0.717, 1.165) is 18.9 Å². The normalized spacial score (nSPS) is 28.8. The maximum Gasteiger partial charge on any atom is 0.226 e. The quantitative estimate of drug-likeness (QED) is 0.439. The zero-order valence-corrected chi connectivity index (χ0v) is 16.3. The van der Waals surface area contributed by atoms with Gasteiger partial charge in [-0.05, 0) is 36.7 Å². The Hall–Kier alpha value is -1.66. The van der Waals surface area contributed by atoms with E-state index in [1.165, 1.54) is 35.2 Å². The zero-order valence-electron chi connectivity index (χ0n) is 15.4. The van der Waals surface area contributed by atoms with E-state index in [9.17, 15) is 15.3 Å². The number of nitrogens with two attached hydrogens (primary N) is 1. The van der Waals surface area contributed by atoms with Crippen molar-refractivity contribution in [1.29, 1.82) is 0 Å². The maximum atomic E-state index is 10.3. The molecule has 2 aliphatic rings. The van der Waals surface area contributed by atoms with Gasteiger partial charge in [0.1, 0.15) is 23.8 Å². The van der Waals surface area contributed by atoms with Crippen LogP contribution < -0.4 is 11.1 Å². The minimum Gasteiger partial charge on any atom is -0.394 e. The first kappa shape index (κ1) is 19.6. The van der Waals surface area contributed by atoms with E-state index in [0.29, 0.717) is 17.1 Å². The molecule has 2 aliphatic heterocycles. The van der Waals surface area contributed by atoms with Crippen LogP contribution in [-0.2, 0) is 4.74 Å². The molecule has 154 valence electrons. The number of fused-ring (bicyclic) bond motifs is 1. The molecule has 0 bridgehead atoms. The molecule has 2 fully saturated rings. The second-order valence-electron chi connectivity index (χ2n) is 7.26. The number of imidazole rings is 1. The van der Waals surface area contributed by atoms with E-state index in [1.807, 2.05) is 11.8 Å². The molecule has 2 saturated heterocycles. The first-order valence-corrected chi connectivity index (χ1v) is 10.7. The van der Waals surface area contributed by atoms with Crippen molar-refractivity contribution in [2.45, 2.75) is 43.8 Å². The molecule has 11 heteroatoms. The lowest BCUT2D eigenvalue weighted by molar-refractivity contribution is -0.0511. The highest BCUT2D eigenvalue weighted by Crippen LogP contribution is 2.32. The standard InChI is InChI=1S/C17H26N6O4S/c18-14-11-15(22-17(21-14)19-4-1-9-2-5-28-6-3-9)23(8-20-11)16-13(26)12(25)10(7-24)27-16/h8-10,12-13,16,24-26H,1-7H2,(H3,18,19,21,22)/t10-,12-,13-,16-/m1/s1. The Balaban J connectivity index is 1.51. The Bertz CT molecular complexity index is 814. The van der Waals surface area contributed by atoms with E-state index >= 15 is 0 Å². The van der Waals surface area contributed by atoms with Crippen molar-refractivity contribution in [3.8, 4) is 0 Å². The average Bonchev–Trinajstić information content (AvgIpc) is 3.24. The number of aliphatic hydroxyl groups excluding tert-OH is 3. The summed E-state index contributed by atoms with van der Waals surface area (Å²) in [6.45, 7) is 0.354. The Morgan fingerprint density at radius 2 is 2.04 bits per heavy atom. The number of aliphatic hydroxyl groups is 3. The van der Waals surface area contributed by atoms with Gasteiger partial charge in [-0.2, -0.15) is 21.7 Å². The summed E-state index contributed by atoms with van der Waals surface area (Å²) in [7, 11) is 0. The van der Waals surface area contributed by atoms with Crippen LogP contribution in [0.2, 0.25) is 0 Å². The van der Waals surface area contributed by atoms with Crippen LogP contribution >= 0.6 is 11.8 Å². The maximum absolute atomic E-state index is 10.3. The van der Waals surface area contributed by atoms with Gasteiger partial charge in [-0.25, -0.2) is 4.98 Å². The minimum atomic E-state index is -1.22. The molecule has 2 aromatic rings. The van der Waals surface area contributed by atoms with E-state index in [4.69, 9.17) is 10.5 Å². The van der Waals surface area contributed by atoms with Crippen molar-refractivity contribution in [1.82, 2.24) is 19.5 Å². The summed E-state index contributed by atoms with van der Waals surface area (Å²) in [5.41, 5.74) is 6.83. The van der Waals surface area contributed by atoms with E-state index in [2.05, 4.69) is 20.3 Å². The molecule has 0 aromatic carbocycles. The first-order chi connectivity index (χ1) is 13.6. The lowest BCUT2D eigenvalue weighted by Crippen LogP contribution is -2.33. The predicted molar refractivity (Wildman–Crippen MR) is 106 cm³/mol. The molecule has 4 atom stereocenters. The molecular weight excluding hydrogens is 384 g/mol. The number of nitrogens with one attached hydrogen (secondary N) is 1. The molecule has 4 heterocycles. The first-order valence-electron chi connectivity index (χ1n) is 9.52. The Kier molecular flexibility index (Phi) is 5.88. The van der Waals surface area contributed by atoms with Crippen LogP contribution in [0.25, 0.3) is 11.2 Å². The van der Waals surface area contributed by atoms with Crippen LogP contribution in [0.3, 0.4) is 0 Å². The number of aromatic nitrogens is 4. The zero-order chi connectivity index (χ0) is 19.7. The van der Waals surface area contributed by atoms with Crippen molar-refractivity contribution in [3.05, 3.63) is 6.33 Å². The molecule has 4 rings (SSSR count). The third-order valence-electron chi connectivity index (χ3n) is 5.42.